The molecule has 0 fully saturated rings. The third kappa shape index (κ3) is 12.8. The van der Waals surface area contributed by atoms with E-state index in [2.05, 4.69) is 0 Å². The van der Waals surface area contributed by atoms with E-state index in [4.69, 9.17) is 0 Å². The Bertz CT molecular complexity index is 3110. The Morgan fingerprint density at radius 3 is 0.225 bits per heavy atom. The summed E-state index contributed by atoms with van der Waals surface area (Å²) in [4.78, 5) is 19.7. The minimum Gasteiger partial charge on any atom is -0.544 e. The second-order valence-electron chi connectivity index (χ2n) is 20.0. The number of carboxylic acids is 2. The number of aliphatic carboxylic acids is 2. The van der Waals surface area contributed by atoms with Crippen LogP contribution in [-0.4, -0.2) is 214 Å². The molecule has 4 nitrogen and oxygen atoms in total. The summed E-state index contributed by atoms with van der Waals surface area (Å²) in [5, 5.41) is 19.7. The van der Waals surface area contributed by atoms with Crippen molar-refractivity contribution in [3.05, 3.63) is 0 Å². The predicted octanol–water partition coefficient (Wildman–Crippen LogP) is 18.9. The van der Waals surface area contributed by atoms with Gasteiger partial charge < -0.3 is 19.8 Å². The van der Waals surface area contributed by atoms with Crippen molar-refractivity contribution in [3.63, 3.8) is 0 Å². The molecule has 75 heteroatoms. The van der Waals surface area contributed by atoms with Gasteiger partial charge in [-0.2, -0.15) is 307 Å². The van der Waals surface area contributed by atoms with Gasteiger partial charge >= 0.3 is 229 Å². The molecular weight excluding hydrogens is 1940 g/mol. The van der Waals surface area contributed by atoms with Crippen molar-refractivity contribution in [1.82, 2.24) is 0 Å². The van der Waals surface area contributed by atoms with Crippen LogP contribution in [0.1, 0.15) is 0 Å². The first-order chi connectivity index (χ1) is 45.9. The van der Waals surface area contributed by atoms with Crippen LogP contribution in [-0.2, 0) is 36.9 Å². The number of carboxylic acid groups (broad SMARTS) is 2. The molecule has 0 unspecified atom stereocenters. The van der Waals surface area contributed by atoms with Crippen LogP contribution < -0.4 is 10.2 Å². The van der Waals surface area contributed by atoms with Crippen molar-refractivity contribution in [1.29, 1.82) is 0 Å². The third-order valence-corrected chi connectivity index (χ3v) is 13.1. The summed E-state index contributed by atoms with van der Waals surface area (Å²) in [7, 11) is 0. The Labute approximate surface area is 568 Å². The molecule has 0 aromatic heterocycles. The topological polar surface area (TPSA) is 80.3 Å². The van der Waals surface area contributed by atoms with Crippen LogP contribution >= 0.6 is 0 Å². The summed E-state index contributed by atoms with van der Waals surface area (Å²) >= 11 is 0. The van der Waals surface area contributed by atoms with E-state index in [9.17, 15) is 327 Å². The van der Waals surface area contributed by atoms with Gasteiger partial charge in [-0.25, -0.2) is 0 Å². The van der Waals surface area contributed by atoms with Crippen LogP contribution in [0, 0.1) is 0 Å². The maximum absolute atomic E-state index is 13.8. The summed E-state index contributed by atoms with van der Waals surface area (Å²) in [5.41, 5.74) is 0. The van der Waals surface area contributed by atoms with Gasteiger partial charge in [-0.3, -0.25) is 0 Å². The molecule has 0 aromatic rings. The number of rotatable bonds is 32. The fourth-order valence-electron chi connectivity index (χ4n) is 6.13. The van der Waals surface area contributed by atoms with Crippen molar-refractivity contribution < 1.29 is 354 Å². The molecule has 660 valence electrons. The van der Waals surface area contributed by atoms with E-state index in [0.29, 0.717) is 0 Å². The van der Waals surface area contributed by atoms with Crippen molar-refractivity contribution in [2.75, 3.05) is 0 Å². The minimum atomic E-state index is -10.4. The zero-order valence-electron chi connectivity index (χ0n) is 46.8. The van der Waals surface area contributed by atoms with Crippen LogP contribution in [0.3, 0.4) is 0 Å². The van der Waals surface area contributed by atoms with Crippen molar-refractivity contribution in [2.45, 2.75) is 202 Å². The van der Waals surface area contributed by atoms with E-state index < -0.39 is 214 Å². The van der Waals surface area contributed by atoms with E-state index in [1.807, 2.05) is 0 Å². The summed E-state index contributed by atoms with van der Waals surface area (Å²) < 4.78 is 935. The normalized spacial score (nSPS) is 17.0. The molecule has 0 saturated heterocycles. The minimum absolute atomic E-state index is 0. The maximum atomic E-state index is 13.8. The fourth-order valence-corrected chi connectivity index (χ4v) is 6.13. The molecule has 0 amide bonds. The van der Waals surface area contributed by atoms with Crippen LogP contribution in [0.5, 0.6) is 0 Å². The second kappa shape index (κ2) is 27.0. The molecule has 0 saturated carbocycles. The molecule has 0 atom stereocenters. The zero-order valence-corrected chi connectivity index (χ0v) is 50.8. The van der Waals surface area contributed by atoms with Crippen LogP contribution in [0.2, 0.25) is 0 Å². The largest absolute Gasteiger partial charge is 2.00 e. The van der Waals surface area contributed by atoms with Gasteiger partial charge in [0.1, 0.15) is 11.9 Å². The smallest absolute Gasteiger partial charge is 0.544 e. The quantitative estimate of drug-likeness (QED) is 0.0496. The summed E-state index contributed by atoms with van der Waals surface area (Å²) in [6.07, 6.45) is -16.9. The molecule has 0 aliphatic carbocycles. The molecule has 0 N–H and O–H groups in total. The molecule has 0 rings (SSSR count). The van der Waals surface area contributed by atoms with Gasteiger partial charge in [0, 0.05) is 0 Å². The molecule has 0 bridgehead atoms. The molecule has 0 aliphatic heterocycles. The Morgan fingerprint density at radius 1 is 0.117 bits per heavy atom. The van der Waals surface area contributed by atoms with Gasteiger partial charge in [0.2, 0.25) is 0 Å². The van der Waals surface area contributed by atoms with Gasteiger partial charge in [0.05, 0.1) is 0 Å². The van der Waals surface area contributed by atoms with Gasteiger partial charge in [0.15, 0.2) is 0 Å². The third-order valence-electron chi connectivity index (χ3n) is 13.1. The monoisotopic (exact) mass is 1940 g/mol. The van der Waals surface area contributed by atoms with Gasteiger partial charge in [0.25, 0.3) is 0 Å². The van der Waals surface area contributed by atoms with E-state index in [1.165, 1.54) is 0 Å². The SMILES string of the molecule is O=C([O-])C(F)(F)C(F)(F)C(F)(F)C(F)(F)C(F)(F)C(F)(F)C(F)(F)C(F)(F)C(F)(F)C(F)(F)C(F)(F)C(F)(F)C(F)(F)C(F)(F)C(F)(F)C(F)(F)C(F)(F)F.O=C([O-])C(F)(F)C(F)(F)C(F)(F)C(F)(F)C(F)(F)C(F)(F)C(F)(F)C(F)(F)C(F)(F)C(F)(F)C(F)(F)C(F)(F)C(F)(F)C(F)(F)C(F)(F)C(F)(F)C(F)(F)F.[Cd+2]. The Morgan fingerprint density at radius 2 is 0.171 bits per heavy atom. The number of alkyl halides is 70. The van der Waals surface area contributed by atoms with Crippen LogP contribution in [0.15, 0.2) is 0 Å². The number of carbonyl (C=O) groups excluding carboxylic acids is 2. The second-order valence-corrected chi connectivity index (χ2v) is 20.0. The van der Waals surface area contributed by atoms with Crippen molar-refractivity contribution in [2.24, 2.45) is 0 Å². The molecule has 0 aromatic carbocycles. The van der Waals surface area contributed by atoms with Crippen molar-refractivity contribution >= 4 is 11.9 Å². The maximum Gasteiger partial charge on any atom is 2.00 e. The molecule has 0 heterocycles. The first kappa shape index (κ1) is 110. The molecule has 0 spiro atoms. The fraction of sp³-hybridized carbons (Fsp3) is 0.944. The summed E-state index contributed by atoms with van der Waals surface area (Å²) in [6, 6.07) is 0. The van der Waals surface area contributed by atoms with Crippen LogP contribution in [0.4, 0.5) is 307 Å². The molecule has 0 aliphatic rings. The van der Waals surface area contributed by atoms with E-state index in [0.717, 1.165) is 0 Å². The Balaban J connectivity index is -0.00000208. The van der Waals surface area contributed by atoms with Gasteiger partial charge in [-0.15, -0.1) is 0 Å². The number of halogens is 70. The first-order valence-electron chi connectivity index (χ1n) is 22.5. The Hall–Kier alpha value is -5.04. The van der Waals surface area contributed by atoms with Crippen molar-refractivity contribution in [3.8, 4) is 0 Å². The number of hydrogen-bond donors (Lipinski definition) is 0. The van der Waals surface area contributed by atoms with E-state index in [-0.39, 0.29) is 27.3 Å². The van der Waals surface area contributed by atoms with Gasteiger partial charge in [-0.1, -0.05) is 0 Å². The standard InChI is InChI=1S/2C18HF35O2.Cd/c2*19-2(20,1(54)55)3(21,22)4(23,24)5(25,26)6(27,28)7(29,30)8(31,32)9(33,34)10(35,36)11(37,38)12(39,40)13(41,42)14(43,44)15(45,46)16(47,48)17(49,50)18(51,52)53;/h2*(H,54,55);/q;;+2/p-2. The van der Waals surface area contributed by atoms with E-state index >= 15 is 0 Å². The number of hydrogen-bond acceptors (Lipinski definition) is 4. The molecule has 0 radical (unpaired) electrons. The van der Waals surface area contributed by atoms with Gasteiger partial charge in [-0.05, 0) is 0 Å². The predicted molar refractivity (Wildman–Crippen MR) is 180 cm³/mol. The first-order valence-corrected chi connectivity index (χ1v) is 22.5. The van der Waals surface area contributed by atoms with Crippen LogP contribution in [0.25, 0.3) is 0 Å². The summed E-state index contributed by atoms with van der Waals surface area (Å²) in [6.45, 7) is 0. The average Bonchev–Trinajstić information content (AvgIpc) is 0.680. The van der Waals surface area contributed by atoms with E-state index in [1.54, 1.807) is 0 Å². The number of carbonyl (C=O) groups is 2. The molecular formula is C36CdF70O4. The zero-order chi connectivity index (χ0) is 92.2. The average molecular weight is 1940 g/mol. The molecule has 111 heavy (non-hydrogen) atoms. The Kier molecular flexibility index (Phi) is 26.8. The summed E-state index contributed by atoms with van der Waals surface area (Å²) in [5.74, 6) is -324.